The second-order valence-corrected chi connectivity index (χ2v) is 5.69. The maximum atomic E-state index is 12.4. The first-order valence-electron chi connectivity index (χ1n) is 7.43. The van der Waals surface area contributed by atoms with Gasteiger partial charge in [0.25, 0.3) is 5.91 Å². The van der Waals surface area contributed by atoms with Gasteiger partial charge in [-0.15, -0.1) is 0 Å². The quantitative estimate of drug-likeness (QED) is 0.705. The zero-order valence-corrected chi connectivity index (χ0v) is 12.1. The Morgan fingerprint density at radius 1 is 0.909 bits per heavy atom. The lowest BCUT2D eigenvalue weighted by molar-refractivity contribution is 0.102. The number of nitrogens with one attached hydrogen (secondary N) is 1. The first-order valence-corrected chi connectivity index (χ1v) is 7.43. The summed E-state index contributed by atoms with van der Waals surface area (Å²) in [6, 6.07) is 17.4. The molecule has 0 spiro atoms. The third kappa shape index (κ3) is 2.02. The highest BCUT2D eigenvalue weighted by Gasteiger charge is 2.16. The number of benzene rings is 3. The third-order valence-corrected chi connectivity index (χ3v) is 4.30. The Morgan fingerprint density at radius 2 is 1.64 bits per heavy atom. The average molecular weight is 288 g/mol. The fourth-order valence-electron chi connectivity index (χ4n) is 3.18. The smallest absolute Gasteiger partial charge is 0.255 e. The molecule has 3 aromatic carbocycles. The number of nitrogen functional groups attached to an aromatic ring is 1. The van der Waals surface area contributed by atoms with Crippen molar-refractivity contribution in [2.75, 3.05) is 11.1 Å². The van der Waals surface area contributed by atoms with Crippen LogP contribution in [0.1, 0.15) is 21.5 Å². The molecule has 1 aliphatic rings. The van der Waals surface area contributed by atoms with E-state index in [-0.39, 0.29) is 5.91 Å². The lowest BCUT2D eigenvalue weighted by atomic mass is 10.0. The van der Waals surface area contributed by atoms with Crippen LogP contribution in [0.25, 0.3) is 10.8 Å². The maximum absolute atomic E-state index is 12.4. The van der Waals surface area contributed by atoms with E-state index >= 15 is 0 Å². The van der Waals surface area contributed by atoms with Gasteiger partial charge in [-0.25, -0.2) is 0 Å². The van der Waals surface area contributed by atoms with Gasteiger partial charge in [0.05, 0.1) is 0 Å². The molecule has 0 saturated carbocycles. The molecule has 0 aromatic heterocycles. The number of nitrogens with two attached hydrogens (primary N) is 1. The monoisotopic (exact) mass is 288 g/mol. The highest BCUT2D eigenvalue weighted by Crippen LogP contribution is 2.35. The fraction of sp³-hybridized carbons (Fsp3) is 0.105. The number of carbonyl (C=O) groups excluding carboxylic acids is 1. The molecule has 0 heterocycles. The van der Waals surface area contributed by atoms with Gasteiger partial charge in [-0.1, -0.05) is 24.3 Å². The molecule has 3 aromatic rings. The van der Waals surface area contributed by atoms with Gasteiger partial charge in [-0.3, -0.25) is 4.79 Å². The number of hydrogen-bond acceptors (Lipinski definition) is 2. The lowest BCUT2D eigenvalue weighted by Gasteiger charge is -2.11. The molecule has 4 rings (SSSR count). The molecule has 108 valence electrons. The Labute approximate surface area is 128 Å². The second kappa shape index (κ2) is 4.88. The fourth-order valence-corrected chi connectivity index (χ4v) is 3.18. The maximum Gasteiger partial charge on any atom is 0.255 e. The number of aryl methyl sites for hydroxylation is 2. The molecule has 3 N–H and O–H groups in total. The van der Waals surface area contributed by atoms with E-state index in [1.54, 1.807) is 24.3 Å². The molecule has 1 amide bonds. The van der Waals surface area contributed by atoms with E-state index in [1.807, 2.05) is 6.07 Å². The second-order valence-electron chi connectivity index (χ2n) is 5.69. The summed E-state index contributed by atoms with van der Waals surface area (Å²) in [6.45, 7) is 0. The van der Waals surface area contributed by atoms with Crippen LogP contribution in [-0.4, -0.2) is 5.91 Å². The topological polar surface area (TPSA) is 55.1 Å². The molecule has 0 radical (unpaired) electrons. The van der Waals surface area contributed by atoms with E-state index in [0.717, 1.165) is 23.9 Å². The van der Waals surface area contributed by atoms with Gasteiger partial charge >= 0.3 is 0 Å². The summed E-state index contributed by atoms with van der Waals surface area (Å²) in [5, 5.41) is 5.45. The predicted octanol–water partition coefficient (Wildman–Crippen LogP) is 3.77. The van der Waals surface area contributed by atoms with Crippen LogP contribution in [0.3, 0.4) is 0 Å². The van der Waals surface area contributed by atoms with Crippen molar-refractivity contribution in [1.82, 2.24) is 0 Å². The van der Waals surface area contributed by atoms with E-state index in [0.29, 0.717) is 11.3 Å². The van der Waals surface area contributed by atoms with Crippen LogP contribution in [0.2, 0.25) is 0 Å². The van der Waals surface area contributed by atoms with Crippen LogP contribution >= 0.6 is 0 Å². The summed E-state index contributed by atoms with van der Waals surface area (Å²) in [4.78, 5) is 12.4. The van der Waals surface area contributed by atoms with Crippen molar-refractivity contribution in [1.29, 1.82) is 0 Å². The van der Waals surface area contributed by atoms with Crippen molar-refractivity contribution in [2.24, 2.45) is 0 Å². The molecule has 0 aliphatic heterocycles. The highest BCUT2D eigenvalue weighted by molar-refractivity contribution is 6.10. The van der Waals surface area contributed by atoms with Crippen LogP contribution in [0.4, 0.5) is 11.4 Å². The van der Waals surface area contributed by atoms with E-state index in [1.165, 1.54) is 16.5 Å². The number of anilines is 2. The largest absolute Gasteiger partial charge is 0.399 e. The summed E-state index contributed by atoms with van der Waals surface area (Å²) >= 11 is 0. The number of hydrogen-bond donors (Lipinski definition) is 2. The molecule has 22 heavy (non-hydrogen) atoms. The van der Waals surface area contributed by atoms with Gasteiger partial charge in [-0.2, -0.15) is 0 Å². The minimum absolute atomic E-state index is 0.112. The van der Waals surface area contributed by atoms with Gasteiger partial charge in [0, 0.05) is 22.3 Å². The average Bonchev–Trinajstić information content (AvgIpc) is 2.95. The van der Waals surface area contributed by atoms with Crippen molar-refractivity contribution in [3.63, 3.8) is 0 Å². The number of rotatable bonds is 2. The SMILES string of the molecule is Nc1ccc(C(=O)Nc2ccc3c4c(cccc24)CC3)cc1. The van der Waals surface area contributed by atoms with E-state index < -0.39 is 0 Å². The highest BCUT2D eigenvalue weighted by atomic mass is 16.1. The molecule has 0 atom stereocenters. The zero-order valence-electron chi connectivity index (χ0n) is 12.1. The van der Waals surface area contributed by atoms with Crippen molar-refractivity contribution in [3.8, 4) is 0 Å². The Morgan fingerprint density at radius 3 is 2.41 bits per heavy atom. The van der Waals surface area contributed by atoms with Crippen LogP contribution in [0.5, 0.6) is 0 Å². The van der Waals surface area contributed by atoms with E-state index in [4.69, 9.17) is 5.73 Å². The predicted molar refractivity (Wildman–Crippen MR) is 90.2 cm³/mol. The van der Waals surface area contributed by atoms with Crippen LogP contribution in [-0.2, 0) is 12.8 Å². The van der Waals surface area contributed by atoms with Crippen molar-refractivity contribution in [3.05, 3.63) is 71.3 Å². The zero-order chi connectivity index (χ0) is 15.1. The van der Waals surface area contributed by atoms with Crippen molar-refractivity contribution in [2.45, 2.75) is 12.8 Å². The van der Waals surface area contributed by atoms with Gasteiger partial charge in [0.1, 0.15) is 0 Å². The lowest BCUT2D eigenvalue weighted by Crippen LogP contribution is -2.12. The minimum Gasteiger partial charge on any atom is -0.399 e. The third-order valence-electron chi connectivity index (χ3n) is 4.30. The molecule has 0 saturated heterocycles. The van der Waals surface area contributed by atoms with Crippen molar-refractivity contribution >= 4 is 28.1 Å². The van der Waals surface area contributed by atoms with E-state index in [2.05, 4.69) is 29.6 Å². The Balaban J connectivity index is 1.73. The first kappa shape index (κ1) is 12.9. The summed E-state index contributed by atoms with van der Waals surface area (Å²) in [5.74, 6) is -0.112. The molecular weight excluding hydrogens is 272 g/mol. The Bertz CT molecular complexity index is 872. The first-order chi connectivity index (χ1) is 10.7. The number of amides is 1. The standard InChI is InChI=1S/C19H16N2O/c20-15-9-6-14(7-10-15)19(22)21-17-11-8-13-5-4-12-2-1-3-16(17)18(12)13/h1-3,6-11H,4-5,20H2,(H,21,22). The minimum atomic E-state index is -0.112. The summed E-state index contributed by atoms with van der Waals surface area (Å²) < 4.78 is 0. The molecule has 0 bridgehead atoms. The van der Waals surface area contributed by atoms with Gasteiger partial charge in [0.2, 0.25) is 0 Å². The summed E-state index contributed by atoms with van der Waals surface area (Å²) in [7, 11) is 0. The molecule has 3 nitrogen and oxygen atoms in total. The van der Waals surface area contributed by atoms with Crippen LogP contribution in [0, 0.1) is 0 Å². The molecule has 0 unspecified atom stereocenters. The van der Waals surface area contributed by atoms with Crippen LogP contribution < -0.4 is 11.1 Å². The Hall–Kier alpha value is -2.81. The van der Waals surface area contributed by atoms with Gasteiger partial charge in [-0.05, 0) is 59.7 Å². The summed E-state index contributed by atoms with van der Waals surface area (Å²) in [6.07, 6.45) is 2.17. The Kier molecular flexibility index (Phi) is 2.86. The number of carbonyl (C=O) groups is 1. The molecule has 0 fully saturated rings. The summed E-state index contributed by atoms with van der Waals surface area (Å²) in [5.41, 5.74) is 10.5. The van der Waals surface area contributed by atoms with E-state index in [9.17, 15) is 4.79 Å². The molecular formula is C19H16N2O. The van der Waals surface area contributed by atoms with Crippen LogP contribution in [0.15, 0.2) is 54.6 Å². The van der Waals surface area contributed by atoms with Gasteiger partial charge in [0.15, 0.2) is 0 Å². The normalized spacial score (nSPS) is 12.5. The molecule has 3 heteroatoms. The molecule has 1 aliphatic carbocycles. The van der Waals surface area contributed by atoms with Crippen molar-refractivity contribution < 1.29 is 4.79 Å². The van der Waals surface area contributed by atoms with Gasteiger partial charge < -0.3 is 11.1 Å².